The van der Waals surface area contributed by atoms with Crippen LogP contribution in [-0.2, 0) is 11.0 Å². The van der Waals surface area contributed by atoms with Gasteiger partial charge >= 0.3 is 6.18 Å². The maximum Gasteiger partial charge on any atom is 0.417 e. The zero-order chi connectivity index (χ0) is 19.4. The van der Waals surface area contributed by atoms with E-state index < -0.39 is 17.6 Å². The second-order valence-corrected chi connectivity index (χ2v) is 6.94. The Labute approximate surface area is 162 Å². The standard InChI is InChI=1S/C20H13ClF3NOS/c21-16-9-7-13(12-15(16)20(22,23)24)8-10-19(26)25-17-5-2-1-4-14(17)18-6-3-11-27-18/h1-12H,(H,25,26)/b10-8+. The van der Waals surface area contributed by atoms with Crippen molar-refractivity contribution in [1.29, 1.82) is 0 Å². The van der Waals surface area contributed by atoms with Crippen LogP contribution in [0, 0.1) is 0 Å². The van der Waals surface area contributed by atoms with E-state index in [4.69, 9.17) is 11.6 Å². The quantitative estimate of drug-likeness (QED) is 0.477. The van der Waals surface area contributed by atoms with Crippen LogP contribution in [0.4, 0.5) is 18.9 Å². The maximum atomic E-state index is 12.9. The van der Waals surface area contributed by atoms with Crippen molar-refractivity contribution in [3.05, 3.63) is 82.2 Å². The molecule has 27 heavy (non-hydrogen) atoms. The van der Waals surface area contributed by atoms with E-state index in [9.17, 15) is 18.0 Å². The van der Waals surface area contributed by atoms with E-state index in [0.717, 1.165) is 22.6 Å². The molecule has 0 spiro atoms. The monoisotopic (exact) mass is 407 g/mol. The predicted molar refractivity (Wildman–Crippen MR) is 104 cm³/mol. The average Bonchev–Trinajstić information content (AvgIpc) is 3.15. The van der Waals surface area contributed by atoms with Gasteiger partial charge in [0.1, 0.15) is 0 Å². The van der Waals surface area contributed by atoms with Gasteiger partial charge in [0.15, 0.2) is 0 Å². The fourth-order valence-corrected chi connectivity index (χ4v) is 3.44. The highest BCUT2D eigenvalue weighted by atomic mass is 35.5. The Morgan fingerprint density at radius 1 is 1.07 bits per heavy atom. The average molecular weight is 408 g/mol. The lowest BCUT2D eigenvalue weighted by molar-refractivity contribution is -0.137. The topological polar surface area (TPSA) is 29.1 Å². The van der Waals surface area contributed by atoms with Gasteiger partial charge in [0.25, 0.3) is 0 Å². The molecule has 2 aromatic carbocycles. The lowest BCUT2D eigenvalue weighted by Crippen LogP contribution is -2.08. The first-order valence-electron chi connectivity index (χ1n) is 7.83. The highest BCUT2D eigenvalue weighted by Gasteiger charge is 2.33. The molecule has 3 rings (SSSR count). The number of benzene rings is 2. The summed E-state index contributed by atoms with van der Waals surface area (Å²) in [6.45, 7) is 0. The third-order valence-electron chi connectivity index (χ3n) is 3.69. The number of carbonyl (C=O) groups excluding carboxylic acids is 1. The van der Waals surface area contributed by atoms with Crippen LogP contribution >= 0.6 is 22.9 Å². The Bertz CT molecular complexity index is 981. The molecule has 0 atom stereocenters. The SMILES string of the molecule is O=C(/C=C/c1ccc(Cl)c(C(F)(F)F)c1)Nc1ccccc1-c1cccs1. The highest BCUT2D eigenvalue weighted by molar-refractivity contribution is 7.13. The molecular weight excluding hydrogens is 395 g/mol. The van der Waals surface area contributed by atoms with Crippen LogP contribution in [0.25, 0.3) is 16.5 Å². The number of rotatable bonds is 4. The smallest absolute Gasteiger partial charge is 0.322 e. The summed E-state index contributed by atoms with van der Waals surface area (Å²) in [5.74, 6) is -0.442. The molecule has 0 bridgehead atoms. The van der Waals surface area contributed by atoms with Crippen molar-refractivity contribution in [2.75, 3.05) is 5.32 Å². The number of alkyl halides is 3. The normalized spacial score (nSPS) is 11.7. The van der Waals surface area contributed by atoms with E-state index in [2.05, 4.69) is 5.32 Å². The summed E-state index contributed by atoms with van der Waals surface area (Å²) in [7, 11) is 0. The molecule has 0 unspecified atom stereocenters. The number of thiophene rings is 1. The summed E-state index contributed by atoms with van der Waals surface area (Å²) in [6, 6.07) is 14.7. The van der Waals surface area contributed by atoms with Crippen LogP contribution in [0.3, 0.4) is 0 Å². The fourth-order valence-electron chi connectivity index (χ4n) is 2.45. The Balaban J connectivity index is 1.78. The number of hydrogen-bond acceptors (Lipinski definition) is 2. The van der Waals surface area contributed by atoms with E-state index >= 15 is 0 Å². The fraction of sp³-hybridized carbons (Fsp3) is 0.0500. The van der Waals surface area contributed by atoms with Crippen molar-refractivity contribution >= 4 is 40.6 Å². The largest absolute Gasteiger partial charge is 0.417 e. The molecular formula is C20H13ClF3NOS. The predicted octanol–water partition coefficient (Wildman–Crippen LogP) is 6.74. The molecule has 0 aliphatic rings. The Hall–Kier alpha value is -2.57. The number of hydrogen-bond donors (Lipinski definition) is 1. The molecule has 0 aliphatic heterocycles. The Kier molecular flexibility index (Phi) is 5.68. The minimum absolute atomic E-state index is 0.230. The van der Waals surface area contributed by atoms with Gasteiger partial charge in [-0.15, -0.1) is 11.3 Å². The van der Waals surface area contributed by atoms with E-state index in [1.807, 2.05) is 29.6 Å². The van der Waals surface area contributed by atoms with Crippen molar-refractivity contribution in [1.82, 2.24) is 0 Å². The number of carbonyl (C=O) groups is 1. The molecule has 138 valence electrons. The molecule has 7 heteroatoms. The Morgan fingerprint density at radius 2 is 1.85 bits per heavy atom. The molecule has 2 nitrogen and oxygen atoms in total. The first-order chi connectivity index (χ1) is 12.8. The molecule has 1 aromatic heterocycles. The Morgan fingerprint density at radius 3 is 2.56 bits per heavy atom. The first kappa shape index (κ1) is 19.2. The lowest BCUT2D eigenvalue weighted by atomic mass is 10.1. The second kappa shape index (κ2) is 7.98. The third kappa shape index (κ3) is 4.78. The third-order valence-corrected chi connectivity index (χ3v) is 4.93. The van der Waals surface area contributed by atoms with Crippen LogP contribution in [0.5, 0.6) is 0 Å². The van der Waals surface area contributed by atoms with Gasteiger partial charge in [0.05, 0.1) is 10.6 Å². The van der Waals surface area contributed by atoms with Crippen molar-refractivity contribution < 1.29 is 18.0 Å². The van der Waals surface area contributed by atoms with Crippen molar-refractivity contribution in [2.24, 2.45) is 0 Å². The van der Waals surface area contributed by atoms with E-state index in [0.29, 0.717) is 5.69 Å². The molecule has 0 saturated heterocycles. The summed E-state index contributed by atoms with van der Waals surface area (Å²) in [6.07, 6.45) is -2.05. The van der Waals surface area contributed by atoms with Crippen LogP contribution in [0.15, 0.2) is 66.1 Å². The summed E-state index contributed by atoms with van der Waals surface area (Å²) in [5, 5.41) is 4.31. The van der Waals surface area contributed by atoms with Gasteiger partial charge in [-0.2, -0.15) is 13.2 Å². The van der Waals surface area contributed by atoms with Crippen LogP contribution < -0.4 is 5.32 Å². The molecule has 3 aromatic rings. The minimum Gasteiger partial charge on any atom is -0.322 e. The number of amides is 1. The van der Waals surface area contributed by atoms with Gasteiger partial charge in [-0.3, -0.25) is 4.79 Å². The number of halogens is 4. The highest BCUT2D eigenvalue weighted by Crippen LogP contribution is 2.35. The minimum atomic E-state index is -4.55. The summed E-state index contributed by atoms with van der Waals surface area (Å²) >= 11 is 7.14. The van der Waals surface area contributed by atoms with E-state index in [1.165, 1.54) is 18.2 Å². The second-order valence-electron chi connectivity index (χ2n) is 5.58. The van der Waals surface area contributed by atoms with Crippen LogP contribution in [0.2, 0.25) is 5.02 Å². The van der Waals surface area contributed by atoms with Crippen LogP contribution in [-0.4, -0.2) is 5.91 Å². The van der Waals surface area contributed by atoms with Gasteiger partial charge in [0, 0.05) is 22.2 Å². The van der Waals surface area contributed by atoms with Gasteiger partial charge in [-0.05, 0) is 41.3 Å². The molecule has 1 amide bonds. The number of nitrogens with one attached hydrogen (secondary N) is 1. The van der Waals surface area contributed by atoms with Crippen LogP contribution in [0.1, 0.15) is 11.1 Å². The molecule has 0 radical (unpaired) electrons. The molecule has 0 aliphatic carbocycles. The summed E-state index contributed by atoms with van der Waals surface area (Å²) in [5.41, 5.74) is 0.796. The molecule has 1 N–H and O–H groups in total. The zero-order valence-electron chi connectivity index (χ0n) is 13.8. The van der Waals surface area contributed by atoms with E-state index in [1.54, 1.807) is 23.5 Å². The molecule has 1 heterocycles. The molecule has 0 fully saturated rings. The van der Waals surface area contributed by atoms with Gasteiger partial charge in [0.2, 0.25) is 5.91 Å². The van der Waals surface area contributed by atoms with E-state index in [-0.39, 0.29) is 10.6 Å². The van der Waals surface area contributed by atoms with Gasteiger partial charge in [-0.1, -0.05) is 41.9 Å². The molecule has 0 saturated carbocycles. The maximum absolute atomic E-state index is 12.9. The van der Waals surface area contributed by atoms with Gasteiger partial charge < -0.3 is 5.32 Å². The first-order valence-corrected chi connectivity index (χ1v) is 9.09. The number of para-hydroxylation sites is 1. The number of anilines is 1. The lowest BCUT2D eigenvalue weighted by Gasteiger charge is -2.10. The van der Waals surface area contributed by atoms with Crippen molar-refractivity contribution in [2.45, 2.75) is 6.18 Å². The zero-order valence-corrected chi connectivity index (χ0v) is 15.3. The van der Waals surface area contributed by atoms with Crippen molar-refractivity contribution in [3.63, 3.8) is 0 Å². The van der Waals surface area contributed by atoms with Crippen molar-refractivity contribution in [3.8, 4) is 10.4 Å². The van der Waals surface area contributed by atoms with Gasteiger partial charge in [-0.25, -0.2) is 0 Å². The summed E-state index contributed by atoms with van der Waals surface area (Å²) < 4.78 is 38.7. The summed E-state index contributed by atoms with van der Waals surface area (Å²) in [4.78, 5) is 13.2.